The Morgan fingerprint density at radius 1 is 1.07 bits per heavy atom. The second-order valence-corrected chi connectivity index (χ2v) is 7.03. The summed E-state index contributed by atoms with van der Waals surface area (Å²) in [6, 6.07) is 13.1. The Hall–Kier alpha value is -2.60. The maximum absolute atomic E-state index is 13.5. The fraction of sp³-hybridized carbons (Fsp3) is 0.409. The number of hydrogen-bond donors (Lipinski definition) is 1. The summed E-state index contributed by atoms with van der Waals surface area (Å²) in [6.45, 7) is 9.07. The summed E-state index contributed by atoms with van der Waals surface area (Å²) in [5.41, 5.74) is 3.32. The largest absolute Gasteiger partial charge is 0.492 e. The first kappa shape index (κ1) is 20.1. The molecule has 6 heteroatoms. The molecule has 5 nitrogen and oxygen atoms in total. The lowest BCUT2D eigenvalue weighted by atomic mass is 10.1. The summed E-state index contributed by atoms with van der Waals surface area (Å²) in [7, 11) is 0. The van der Waals surface area contributed by atoms with Gasteiger partial charge in [-0.25, -0.2) is 4.39 Å². The SMILES string of the molecule is CCOc1cc(F)ccc1N1CCN(Cc2ccc(CNC(C)=O)cc2)CC1. The molecule has 0 aliphatic carbocycles. The van der Waals surface area contributed by atoms with E-state index in [1.54, 1.807) is 0 Å². The van der Waals surface area contributed by atoms with Crippen molar-refractivity contribution in [3.8, 4) is 5.75 Å². The molecular weight excluding hydrogens is 357 g/mol. The molecule has 1 fully saturated rings. The first-order valence-corrected chi connectivity index (χ1v) is 9.77. The minimum absolute atomic E-state index is 0.0180. The summed E-state index contributed by atoms with van der Waals surface area (Å²) >= 11 is 0. The third-order valence-corrected chi connectivity index (χ3v) is 4.91. The number of nitrogens with one attached hydrogen (secondary N) is 1. The van der Waals surface area contributed by atoms with Gasteiger partial charge in [-0.05, 0) is 30.2 Å². The number of piperazine rings is 1. The van der Waals surface area contributed by atoms with Gasteiger partial charge in [0.2, 0.25) is 5.91 Å². The molecule has 1 aliphatic heterocycles. The summed E-state index contributed by atoms with van der Waals surface area (Å²) in [4.78, 5) is 15.7. The number of ether oxygens (including phenoxy) is 1. The number of hydrogen-bond acceptors (Lipinski definition) is 4. The van der Waals surface area contributed by atoms with Crippen LogP contribution < -0.4 is 15.0 Å². The number of anilines is 1. The molecular formula is C22H28FN3O2. The number of carbonyl (C=O) groups is 1. The predicted octanol–water partition coefficient (Wildman–Crippen LogP) is 3.18. The Labute approximate surface area is 166 Å². The smallest absolute Gasteiger partial charge is 0.217 e. The van der Waals surface area contributed by atoms with E-state index in [1.165, 1.54) is 24.6 Å². The van der Waals surface area contributed by atoms with Crippen LogP contribution in [0.4, 0.5) is 10.1 Å². The number of halogens is 1. The van der Waals surface area contributed by atoms with E-state index in [0.29, 0.717) is 18.9 Å². The molecule has 1 saturated heterocycles. The van der Waals surface area contributed by atoms with Crippen LogP contribution in [0.2, 0.25) is 0 Å². The number of amides is 1. The van der Waals surface area contributed by atoms with Gasteiger partial charge in [0, 0.05) is 52.3 Å². The Morgan fingerprint density at radius 3 is 2.39 bits per heavy atom. The van der Waals surface area contributed by atoms with Gasteiger partial charge in [0.25, 0.3) is 0 Å². The zero-order chi connectivity index (χ0) is 19.9. The molecule has 150 valence electrons. The average molecular weight is 385 g/mol. The molecule has 2 aromatic rings. The van der Waals surface area contributed by atoms with Crippen LogP contribution in [-0.2, 0) is 17.9 Å². The van der Waals surface area contributed by atoms with Gasteiger partial charge in [-0.15, -0.1) is 0 Å². The lowest BCUT2D eigenvalue weighted by molar-refractivity contribution is -0.119. The van der Waals surface area contributed by atoms with Gasteiger partial charge in [0.15, 0.2) is 0 Å². The molecule has 0 aromatic heterocycles. The first-order chi connectivity index (χ1) is 13.5. The van der Waals surface area contributed by atoms with Gasteiger partial charge in [-0.1, -0.05) is 24.3 Å². The van der Waals surface area contributed by atoms with Crippen molar-refractivity contribution < 1.29 is 13.9 Å². The topological polar surface area (TPSA) is 44.8 Å². The van der Waals surface area contributed by atoms with E-state index < -0.39 is 0 Å². The highest BCUT2D eigenvalue weighted by Crippen LogP contribution is 2.30. The van der Waals surface area contributed by atoms with Crippen LogP contribution in [0, 0.1) is 5.82 Å². The fourth-order valence-corrected chi connectivity index (χ4v) is 3.41. The molecule has 1 aliphatic rings. The van der Waals surface area contributed by atoms with Crippen LogP contribution in [0.5, 0.6) is 5.75 Å². The molecule has 1 heterocycles. The highest BCUT2D eigenvalue weighted by atomic mass is 19.1. The van der Waals surface area contributed by atoms with Gasteiger partial charge >= 0.3 is 0 Å². The molecule has 0 unspecified atom stereocenters. The molecule has 0 atom stereocenters. The minimum Gasteiger partial charge on any atom is -0.492 e. The summed E-state index contributed by atoms with van der Waals surface area (Å²) in [5.74, 6) is 0.328. The van der Waals surface area contributed by atoms with Crippen LogP contribution in [0.15, 0.2) is 42.5 Å². The molecule has 28 heavy (non-hydrogen) atoms. The zero-order valence-corrected chi connectivity index (χ0v) is 16.6. The normalized spacial score (nSPS) is 14.8. The monoisotopic (exact) mass is 385 g/mol. The van der Waals surface area contributed by atoms with Gasteiger partial charge in [0.05, 0.1) is 12.3 Å². The summed E-state index contributed by atoms with van der Waals surface area (Å²) in [6.07, 6.45) is 0. The van der Waals surface area contributed by atoms with Gasteiger partial charge in [-0.2, -0.15) is 0 Å². The van der Waals surface area contributed by atoms with E-state index >= 15 is 0 Å². The molecule has 3 rings (SSSR count). The van der Waals surface area contributed by atoms with E-state index in [4.69, 9.17) is 4.74 Å². The lowest BCUT2D eigenvalue weighted by Crippen LogP contribution is -2.46. The van der Waals surface area contributed by atoms with E-state index in [-0.39, 0.29) is 11.7 Å². The van der Waals surface area contributed by atoms with E-state index in [9.17, 15) is 9.18 Å². The Balaban J connectivity index is 1.54. The van der Waals surface area contributed by atoms with Gasteiger partial charge in [0.1, 0.15) is 11.6 Å². The van der Waals surface area contributed by atoms with Crippen molar-refractivity contribution >= 4 is 11.6 Å². The number of benzene rings is 2. The van der Waals surface area contributed by atoms with Crippen molar-refractivity contribution in [3.63, 3.8) is 0 Å². The number of nitrogens with zero attached hydrogens (tertiary/aromatic N) is 2. The first-order valence-electron chi connectivity index (χ1n) is 9.77. The number of carbonyl (C=O) groups excluding carboxylic acids is 1. The predicted molar refractivity (Wildman–Crippen MR) is 109 cm³/mol. The maximum atomic E-state index is 13.5. The van der Waals surface area contributed by atoms with Crippen LogP contribution in [0.3, 0.4) is 0 Å². The molecule has 1 amide bonds. The zero-order valence-electron chi connectivity index (χ0n) is 16.6. The van der Waals surface area contributed by atoms with Crippen molar-refractivity contribution in [1.29, 1.82) is 0 Å². The molecule has 2 aromatic carbocycles. The van der Waals surface area contributed by atoms with E-state index in [1.807, 2.05) is 13.0 Å². The molecule has 0 spiro atoms. The average Bonchev–Trinajstić information content (AvgIpc) is 2.69. The standard InChI is InChI=1S/C22H28FN3O2/c1-3-28-22-14-20(23)8-9-21(22)26-12-10-25(11-13-26)16-19-6-4-18(5-7-19)15-24-17(2)27/h4-9,14H,3,10-13,15-16H2,1-2H3,(H,24,27). The Morgan fingerprint density at radius 2 is 1.75 bits per heavy atom. The van der Waals surface area contributed by atoms with Gasteiger partial charge < -0.3 is 15.0 Å². The Bertz CT molecular complexity index is 787. The second-order valence-electron chi connectivity index (χ2n) is 7.03. The van der Waals surface area contributed by atoms with Crippen LogP contribution >= 0.6 is 0 Å². The third-order valence-electron chi connectivity index (χ3n) is 4.91. The van der Waals surface area contributed by atoms with Crippen molar-refractivity contribution in [3.05, 3.63) is 59.4 Å². The lowest BCUT2D eigenvalue weighted by Gasteiger charge is -2.36. The Kier molecular flexibility index (Phi) is 6.87. The van der Waals surface area contributed by atoms with Crippen LogP contribution in [-0.4, -0.2) is 43.6 Å². The van der Waals surface area contributed by atoms with Crippen molar-refractivity contribution in [2.24, 2.45) is 0 Å². The second kappa shape index (κ2) is 9.55. The highest BCUT2D eigenvalue weighted by Gasteiger charge is 2.20. The van der Waals surface area contributed by atoms with E-state index in [2.05, 4.69) is 39.4 Å². The quantitative estimate of drug-likeness (QED) is 0.795. The van der Waals surface area contributed by atoms with Crippen LogP contribution in [0.25, 0.3) is 0 Å². The van der Waals surface area contributed by atoms with E-state index in [0.717, 1.165) is 44.0 Å². The number of rotatable bonds is 7. The van der Waals surface area contributed by atoms with Crippen LogP contribution in [0.1, 0.15) is 25.0 Å². The minimum atomic E-state index is -0.271. The fourth-order valence-electron chi connectivity index (χ4n) is 3.41. The van der Waals surface area contributed by atoms with Crippen molar-refractivity contribution in [2.45, 2.75) is 26.9 Å². The molecule has 0 saturated carbocycles. The highest BCUT2D eigenvalue weighted by molar-refractivity contribution is 5.72. The molecule has 0 radical (unpaired) electrons. The van der Waals surface area contributed by atoms with Crippen molar-refractivity contribution in [1.82, 2.24) is 10.2 Å². The van der Waals surface area contributed by atoms with Gasteiger partial charge in [-0.3, -0.25) is 9.69 Å². The summed E-state index contributed by atoms with van der Waals surface area (Å²) < 4.78 is 19.1. The molecule has 0 bridgehead atoms. The van der Waals surface area contributed by atoms with Crippen molar-refractivity contribution in [2.75, 3.05) is 37.7 Å². The summed E-state index contributed by atoms with van der Waals surface area (Å²) in [5, 5.41) is 2.81. The maximum Gasteiger partial charge on any atom is 0.217 e. The third kappa shape index (κ3) is 5.45. The molecule has 1 N–H and O–H groups in total.